The van der Waals surface area contributed by atoms with Crippen LogP contribution in [0.25, 0.3) is 0 Å². The molecule has 1 aliphatic carbocycles. The molecule has 0 aromatic rings. The first-order valence-electron chi connectivity index (χ1n) is 5.53. The molecule has 3 nitrogen and oxygen atoms in total. The molecule has 0 aromatic carbocycles. The molecule has 0 radical (unpaired) electrons. The molecule has 1 saturated carbocycles. The van der Waals surface area contributed by atoms with Crippen LogP contribution in [0.4, 0.5) is 0 Å². The molecule has 1 aliphatic heterocycles. The zero-order valence-electron chi connectivity index (χ0n) is 8.83. The van der Waals surface area contributed by atoms with Crippen molar-refractivity contribution in [3.63, 3.8) is 0 Å². The molecule has 1 saturated heterocycles. The van der Waals surface area contributed by atoms with E-state index in [-0.39, 0.29) is 5.54 Å². The largest absolute Gasteiger partial charge is 0.379 e. The van der Waals surface area contributed by atoms with Crippen LogP contribution in [-0.4, -0.2) is 36.7 Å². The molecule has 0 bridgehead atoms. The molecule has 0 amide bonds. The molecule has 0 spiro atoms. The molecule has 3 heteroatoms. The van der Waals surface area contributed by atoms with Gasteiger partial charge in [0, 0.05) is 13.1 Å². The van der Waals surface area contributed by atoms with Crippen LogP contribution in [0.2, 0.25) is 0 Å². The van der Waals surface area contributed by atoms with Crippen molar-refractivity contribution in [2.75, 3.05) is 26.3 Å². The molecule has 2 aliphatic rings. The maximum atomic E-state index is 9.41. The minimum atomic E-state index is -0.177. The molecule has 2 fully saturated rings. The SMILES string of the molecule is CC1CCCC1(C#N)N1CCOCC1. The zero-order chi connectivity index (χ0) is 10.0. The summed E-state index contributed by atoms with van der Waals surface area (Å²) in [4.78, 5) is 2.34. The number of rotatable bonds is 1. The average molecular weight is 194 g/mol. The Bertz CT molecular complexity index is 242. The third-order valence-corrected chi connectivity index (χ3v) is 3.78. The van der Waals surface area contributed by atoms with Crippen molar-refractivity contribution in [3.8, 4) is 6.07 Å². The zero-order valence-corrected chi connectivity index (χ0v) is 8.83. The van der Waals surface area contributed by atoms with Gasteiger partial charge in [-0.25, -0.2) is 0 Å². The summed E-state index contributed by atoms with van der Waals surface area (Å²) in [5.74, 6) is 0.519. The van der Waals surface area contributed by atoms with Crippen molar-refractivity contribution < 1.29 is 4.74 Å². The Morgan fingerprint density at radius 2 is 2.14 bits per heavy atom. The Morgan fingerprint density at radius 3 is 2.64 bits per heavy atom. The van der Waals surface area contributed by atoms with E-state index >= 15 is 0 Å². The summed E-state index contributed by atoms with van der Waals surface area (Å²) in [5.41, 5.74) is -0.177. The lowest BCUT2D eigenvalue weighted by Gasteiger charge is -2.41. The van der Waals surface area contributed by atoms with Gasteiger partial charge in [0.05, 0.1) is 19.3 Å². The molecule has 2 unspecified atom stereocenters. The maximum Gasteiger partial charge on any atom is 0.111 e. The van der Waals surface area contributed by atoms with Crippen LogP contribution in [0.3, 0.4) is 0 Å². The summed E-state index contributed by atoms with van der Waals surface area (Å²) < 4.78 is 5.33. The Kier molecular flexibility index (Phi) is 2.76. The predicted octanol–water partition coefficient (Wildman–Crippen LogP) is 1.40. The van der Waals surface area contributed by atoms with Gasteiger partial charge < -0.3 is 4.74 Å². The average Bonchev–Trinajstić information content (AvgIpc) is 2.62. The lowest BCUT2D eigenvalue weighted by atomic mass is 9.87. The predicted molar refractivity (Wildman–Crippen MR) is 53.8 cm³/mol. The number of morpholine rings is 1. The number of nitriles is 1. The van der Waals surface area contributed by atoms with Gasteiger partial charge in [-0.3, -0.25) is 4.90 Å². The molecular formula is C11H18N2O. The van der Waals surface area contributed by atoms with Gasteiger partial charge in [0.1, 0.15) is 5.54 Å². The van der Waals surface area contributed by atoms with E-state index in [1.54, 1.807) is 0 Å². The molecule has 2 atom stereocenters. The van der Waals surface area contributed by atoms with Gasteiger partial charge in [-0.05, 0) is 18.8 Å². The van der Waals surface area contributed by atoms with Crippen molar-refractivity contribution >= 4 is 0 Å². The lowest BCUT2D eigenvalue weighted by molar-refractivity contribution is -0.0133. The minimum absolute atomic E-state index is 0.177. The Morgan fingerprint density at radius 1 is 1.43 bits per heavy atom. The molecule has 2 rings (SSSR count). The first-order valence-corrected chi connectivity index (χ1v) is 5.53. The second-order valence-corrected chi connectivity index (χ2v) is 4.43. The topological polar surface area (TPSA) is 36.3 Å². The molecule has 1 heterocycles. The summed E-state index contributed by atoms with van der Waals surface area (Å²) in [5, 5.41) is 9.41. The van der Waals surface area contributed by atoms with Crippen LogP contribution in [0.15, 0.2) is 0 Å². The van der Waals surface area contributed by atoms with E-state index < -0.39 is 0 Å². The number of ether oxygens (including phenoxy) is 1. The fourth-order valence-electron chi connectivity index (χ4n) is 2.83. The number of hydrogen-bond donors (Lipinski definition) is 0. The van der Waals surface area contributed by atoms with Crippen molar-refractivity contribution in [1.29, 1.82) is 5.26 Å². The fraction of sp³-hybridized carbons (Fsp3) is 0.909. The molecule has 0 aromatic heterocycles. The molecular weight excluding hydrogens is 176 g/mol. The van der Waals surface area contributed by atoms with Crippen molar-refractivity contribution in [2.45, 2.75) is 31.7 Å². The summed E-state index contributed by atoms with van der Waals surface area (Å²) in [6, 6.07) is 2.57. The third-order valence-electron chi connectivity index (χ3n) is 3.78. The van der Waals surface area contributed by atoms with E-state index in [1.807, 2.05) is 0 Å². The van der Waals surface area contributed by atoms with E-state index in [4.69, 9.17) is 4.74 Å². The van der Waals surface area contributed by atoms with Crippen molar-refractivity contribution in [3.05, 3.63) is 0 Å². The third kappa shape index (κ3) is 1.43. The van der Waals surface area contributed by atoms with E-state index in [2.05, 4.69) is 17.9 Å². The monoisotopic (exact) mass is 194 g/mol. The second kappa shape index (κ2) is 3.88. The van der Waals surface area contributed by atoms with Gasteiger partial charge in [-0.1, -0.05) is 13.3 Å². The van der Waals surface area contributed by atoms with E-state index in [9.17, 15) is 5.26 Å². The Balaban J connectivity index is 2.14. The highest BCUT2D eigenvalue weighted by atomic mass is 16.5. The maximum absolute atomic E-state index is 9.41. The van der Waals surface area contributed by atoms with Crippen LogP contribution in [0, 0.1) is 17.2 Å². The summed E-state index contributed by atoms with van der Waals surface area (Å²) in [6.07, 6.45) is 3.45. The summed E-state index contributed by atoms with van der Waals surface area (Å²) >= 11 is 0. The Hall–Kier alpha value is -0.590. The smallest absolute Gasteiger partial charge is 0.111 e. The van der Waals surface area contributed by atoms with Gasteiger partial charge in [-0.15, -0.1) is 0 Å². The fourth-order valence-corrected chi connectivity index (χ4v) is 2.83. The quantitative estimate of drug-likeness (QED) is 0.633. The highest BCUT2D eigenvalue weighted by Crippen LogP contribution is 2.39. The van der Waals surface area contributed by atoms with Crippen LogP contribution in [0.1, 0.15) is 26.2 Å². The summed E-state index contributed by atoms with van der Waals surface area (Å²) in [6.45, 7) is 5.65. The normalized spacial score (nSPS) is 39.6. The molecule has 14 heavy (non-hydrogen) atoms. The number of hydrogen-bond acceptors (Lipinski definition) is 3. The van der Waals surface area contributed by atoms with Crippen molar-refractivity contribution in [2.24, 2.45) is 5.92 Å². The minimum Gasteiger partial charge on any atom is -0.379 e. The van der Waals surface area contributed by atoms with Gasteiger partial charge in [0.15, 0.2) is 0 Å². The van der Waals surface area contributed by atoms with Crippen LogP contribution in [-0.2, 0) is 4.74 Å². The van der Waals surface area contributed by atoms with E-state index in [0.29, 0.717) is 5.92 Å². The van der Waals surface area contributed by atoms with Crippen LogP contribution in [0.5, 0.6) is 0 Å². The summed E-state index contributed by atoms with van der Waals surface area (Å²) in [7, 11) is 0. The van der Waals surface area contributed by atoms with Crippen molar-refractivity contribution in [1.82, 2.24) is 4.90 Å². The molecule has 0 N–H and O–H groups in total. The van der Waals surface area contributed by atoms with E-state index in [0.717, 1.165) is 32.7 Å². The highest BCUT2D eigenvalue weighted by Gasteiger charge is 2.45. The van der Waals surface area contributed by atoms with Crippen LogP contribution >= 0.6 is 0 Å². The van der Waals surface area contributed by atoms with Gasteiger partial charge in [0.25, 0.3) is 0 Å². The van der Waals surface area contributed by atoms with E-state index in [1.165, 1.54) is 12.8 Å². The second-order valence-electron chi connectivity index (χ2n) is 4.43. The molecule has 78 valence electrons. The standard InChI is InChI=1S/C11H18N2O/c1-10-3-2-4-11(10,9-12)13-5-7-14-8-6-13/h10H,2-8H2,1H3. The first kappa shape index (κ1) is 9.95. The van der Waals surface area contributed by atoms with Gasteiger partial charge >= 0.3 is 0 Å². The van der Waals surface area contributed by atoms with Crippen LogP contribution < -0.4 is 0 Å². The Labute approximate surface area is 85.6 Å². The number of nitrogens with zero attached hydrogens (tertiary/aromatic N) is 2. The van der Waals surface area contributed by atoms with Gasteiger partial charge in [0.2, 0.25) is 0 Å². The lowest BCUT2D eigenvalue weighted by Crippen LogP contribution is -2.54. The highest BCUT2D eigenvalue weighted by molar-refractivity contribution is 5.14. The van der Waals surface area contributed by atoms with Gasteiger partial charge in [-0.2, -0.15) is 5.26 Å². The first-order chi connectivity index (χ1) is 6.79.